The topological polar surface area (TPSA) is 73.3 Å². The molecule has 3 heterocycles. The number of nitrogens with one attached hydrogen (secondary N) is 1. The standard InChI is InChI=1S/C13H17N3O3/c1-8-9(3-6-18-8)12-15-13(19-16-12)10-7-17-5-4-11(10)14-2/h3,6,10-11,14H,4-5,7H2,1-2H3. The molecule has 19 heavy (non-hydrogen) atoms. The van der Waals surface area contributed by atoms with E-state index in [1.54, 1.807) is 6.26 Å². The molecule has 1 saturated heterocycles. The highest BCUT2D eigenvalue weighted by Gasteiger charge is 2.31. The van der Waals surface area contributed by atoms with E-state index in [1.807, 2.05) is 20.0 Å². The number of aromatic nitrogens is 2. The number of ether oxygens (including phenoxy) is 1. The first-order valence-corrected chi connectivity index (χ1v) is 6.42. The molecule has 0 radical (unpaired) electrons. The first kappa shape index (κ1) is 12.4. The molecule has 0 saturated carbocycles. The first-order valence-electron chi connectivity index (χ1n) is 6.42. The predicted molar refractivity (Wildman–Crippen MR) is 67.8 cm³/mol. The monoisotopic (exact) mass is 263 g/mol. The number of likely N-dealkylation sites (N-methyl/N-ethyl adjacent to an activating group) is 1. The van der Waals surface area contributed by atoms with Crippen molar-refractivity contribution >= 4 is 0 Å². The minimum atomic E-state index is 0.104. The molecule has 0 aromatic carbocycles. The highest BCUT2D eigenvalue weighted by molar-refractivity contribution is 5.56. The maximum atomic E-state index is 5.51. The molecule has 102 valence electrons. The van der Waals surface area contributed by atoms with Crippen molar-refractivity contribution in [3.05, 3.63) is 24.0 Å². The molecule has 2 aromatic heterocycles. The Balaban J connectivity index is 1.86. The van der Waals surface area contributed by atoms with E-state index in [9.17, 15) is 0 Å². The van der Waals surface area contributed by atoms with Gasteiger partial charge < -0.3 is 19.0 Å². The van der Waals surface area contributed by atoms with Gasteiger partial charge in [-0.2, -0.15) is 4.98 Å². The van der Waals surface area contributed by atoms with Gasteiger partial charge in [0.15, 0.2) is 0 Å². The summed E-state index contributed by atoms with van der Waals surface area (Å²) in [6.07, 6.45) is 2.57. The number of aryl methyl sites for hydroxylation is 1. The van der Waals surface area contributed by atoms with Crippen molar-refractivity contribution in [1.82, 2.24) is 15.5 Å². The van der Waals surface area contributed by atoms with Crippen molar-refractivity contribution in [2.24, 2.45) is 0 Å². The molecule has 2 aromatic rings. The van der Waals surface area contributed by atoms with Crippen LogP contribution in [0.25, 0.3) is 11.4 Å². The summed E-state index contributed by atoms with van der Waals surface area (Å²) in [5.41, 5.74) is 0.868. The Morgan fingerprint density at radius 3 is 3.05 bits per heavy atom. The molecule has 6 nitrogen and oxygen atoms in total. The van der Waals surface area contributed by atoms with Gasteiger partial charge in [0.05, 0.1) is 24.4 Å². The van der Waals surface area contributed by atoms with Crippen molar-refractivity contribution in [2.75, 3.05) is 20.3 Å². The molecule has 0 bridgehead atoms. The van der Waals surface area contributed by atoms with Crippen LogP contribution in [-0.4, -0.2) is 36.4 Å². The van der Waals surface area contributed by atoms with Gasteiger partial charge in [0.1, 0.15) is 5.76 Å². The highest BCUT2D eigenvalue weighted by Crippen LogP contribution is 2.27. The normalized spacial score (nSPS) is 23.7. The van der Waals surface area contributed by atoms with Gasteiger partial charge in [0.25, 0.3) is 0 Å². The van der Waals surface area contributed by atoms with Crippen LogP contribution in [0.3, 0.4) is 0 Å². The van der Waals surface area contributed by atoms with E-state index in [0.29, 0.717) is 24.4 Å². The lowest BCUT2D eigenvalue weighted by Gasteiger charge is -2.28. The molecule has 2 unspecified atom stereocenters. The van der Waals surface area contributed by atoms with Gasteiger partial charge in [0.2, 0.25) is 11.7 Å². The Bertz CT molecular complexity index is 549. The quantitative estimate of drug-likeness (QED) is 0.909. The Hall–Kier alpha value is -1.66. The lowest BCUT2D eigenvalue weighted by molar-refractivity contribution is 0.0516. The van der Waals surface area contributed by atoms with Gasteiger partial charge in [0, 0.05) is 12.6 Å². The molecule has 0 aliphatic carbocycles. The maximum Gasteiger partial charge on any atom is 0.233 e. The molecular formula is C13H17N3O3. The molecular weight excluding hydrogens is 246 g/mol. The summed E-state index contributed by atoms with van der Waals surface area (Å²) in [6, 6.07) is 2.16. The minimum Gasteiger partial charge on any atom is -0.469 e. The molecule has 1 fully saturated rings. The van der Waals surface area contributed by atoms with E-state index in [0.717, 1.165) is 24.4 Å². The van der Waals surface area contributed by atoms with Crippen LogP contribution in [0.1, 0.15) is 24.0 Å². The van der Waals surface area contributed by atoms with Gasteiger partial charge in [-0.15, -0.1) is 0 Å². The summed E-state index contributed by atoms with van der Waals surface area (Å²) in [5, 5.41) is 7.32. The minimum absolute atomic E-state index is 0.104. The Morgan fingerprint density at radius 2 is 2.32 bits per heavy atom. The molecule has 1 aliphatic rings. The van der Waals surface area contributed by atoms with Gasteiger partial charge in [-0.3, -0.25) is 0 Å². The van der Waals surface area contributed by atoms with Crippen LogP contribution in [-0.2, 0) is 4.74 Å². The largest absolute Gasteiger partial charge is 0.469 e. The van der Waals surface area contributed by atoms with Crippen molar-refractivity contribution in [3.8, 4) is 11.4 Å². The molecule has 3 rings (SSSR count). The van der Waals surface area contributed by atoms with Gasteiger partial charge in [-0.1, -0.05) is 5.16 Å². The zero-order valence-electron chi connectivity index (χ0n) is 11.0. The second-order valence-electron chi connectivity index (χ2n) is 4.71. The van der Waals surface area contributed by atoms with Gasteiger partial charge in [-0.05, 0) is 26.5 Å². The van der Waals surface area contributed by atoms with Crippen LogP contribution in [0.4, 0.5) is 0 Å². The van der Waals surface area contributed by atoms with Crippen molar-refractivity contribution in [3.63, 3.8) is 0 Å². The maximum absolute atomic E-state index is 5.51. The molecule has 2 atom stereocenters. The van der Waals surface area contributed by atoms with E-state index < -0.39 is 0 Å². The van der Waals surface area contributed by atoms with Gasteiger partial charge in [-0.25, -0.2) is 0 Å². The van der Waals surface area contributed by atoms with Crippen LogP contribution in [0, 0.1) is 6.92 Å². The fourth-order valence-electron chi connectivity index (χ4n) is 2.44. The van der Waals surface area contributed by atoms with E-state index in [4.69, 9.17) is 13.7 Å². The predicted octanol–water partition coefficient (Wildman–Crippen LogP) is 1.73. The second kappa shape index (κ2) is 5.14. The number of hydrogen-bond donors (Lipinski definition) is 1. The van der Waals surface area contributed by atoms with Crippen molar-refractivity contribution in [1.29, 1.82) is 0 Å². The fourth-order valence-corrected chi connectivity index (χ4v) is 2.44. The van der Waals surface area contributed by atoms with E-state index >= 15 is 0 Å². The van der Waals surface area contributed by atoms with Crippen LogP contribution >= 0.6 is 0 Å². The third kappa shape index (κ3) is 2.29. The third-order valence-corrected chi connectivity index (χ3v) is 3.59. The average Bonchev–Trinajstić information content (AvgIpc) is 3.07. The fraction of sp³-hybridized carbons (Fsp3) is 0.538. The van der Waals surface area contributed by atoms with Crippen LogP contribution in [0.15, 0.2) is 21.3 Å². The molecule has 0 amide bonds. The average molecular weight is 263 g/mol. The summed E-state index contributed by atoms with van der Waals surface area (Å²) in [6.45, 7) is 3.26. The lowest BCUT2D eigenvalue weighted by atomic mass is 9.96. The summed E-state index contributed by atoms with van der Waals surface area (Å²) >= 11 is 0. The zero-order valence-corrected chi connectivity index (χ0v) is 11.0. The number of furan rings is 1. The summed E-state index contributed by atoms with van der Waals surface area (Å²) < 4.78 is 16.2. The van der Waals surface area contributed by atoms with E-state index in [-0.39, 0.29) is 5.92 Å². The lowest BCUT2D eigenvalue weighted by Crippen LogP contribution is -2.39. The Kier molecular flexibility index (Phi) is 3.35. The Labute approximate surface area is 111 Å². The molecule has 6 heteroatoms. The second-order valence-corrected chi connectivity index (χ2v) is 4.71. The first-order chi connectivity index (χ1) is 9.29. The van der Waals surface area contributed by atoms with E-state index in [2.05, 4.69) is 15.5 Å². The Morgan fingerprint density at radius 1 is 1.42 bits per heavy atom. The summed E-state index contributed by atoms with van der Waals surface area (Å²) in [7, 11) is 1.94. The summed E-state index contributed by atoms with van der Waals surface area (Å²) in [5.74, 6) is 2.08. The zero-order chi connectivity index (χ0) is 13.2. The smallest absolute Gasteiger partial charge is 0.233 e. The van der Waals surface area contributed by atoms with Crippen LogP contribution < -0.4 is 5.32 Å². The number of rotatable bonds is 3. The van der Waals surface area contributed by atoms with Crippen molar-refractivity contribution < 1.29 is 13.7 Å². The third-order valence-electron chi connectivity index (χ3n) is 3.59. The van der Waals surface area contributed by atoms with Crippen LogP contribution in [0.5, 0.6) is 0 Å². The molecule has 1 N–H and O–H groups in total. The van der Waals surface area contributed by atoms with Crippen LogP contribution in [0.2, 0.25) is 0 Å². The highest BCUT2D eigenvalue weighted by atomic mass is 16.5. The van der Waals surface area contributed by atoms with Gasteiger partial charge >= 0.3 is 0 Å². The summed E-state index contributed by atoms with van der Waals surface area (Å²) in [4.78, 5) is 4.48. The molecule has 1 aliphatic heterocycles. The molecule has 0 spiro atoms. The van der Waals surface area contributed by atoms with E-state index in [1.165, 1.54) is 0 Å². The number of hydrogen-bond acceptors (Lipinski definition) is 6. The SMILES string of the molecule is CNC1CCOCC1c1nc(-c2ccoc2C)no1. The van der Waals surface area contributed by atoms with Crippen molar-refractivity contribution in [2.45, 2.75) is 25.3 Å². The number of nitrogens with zero attached hydrogens (tertiary/aromatic N) is 2.